The predicted octanol–water partition coefficient (Wildman–Crippen LogP) is 1.55. The summed E-state index contributed by atoms with van der Waals surface area (Å²) in [6, 6.07) is 1.82. The van der Waals surface area contributed by atoms with Crippen molar-refractivity contribution >= 4 is 17.6 Å². The summed E-state index contributed by atoms with van der Waals surface area (Å²) in [4.78, 5) is 35.9. The zero-order valence-electron chi connectivity index (χ0n) is 13.5. The van der Waals surface area contributed by atoms with Gasteiger partial charge in [0.05, 0.1) is 31.1 Å². The fourth-order valence-corrected chi connectivity index (χ4v) is 2.90. The van der Waals surface area contributed by atoms with Gasteiger partial charge in [-0.3, -0.25) is 19.7 Å². The SMILES string of the molecule is COc1cc(C(=O)N2CCC(C(=O)O)C2C)c([N+](=O)[O-])cc1OC. The van der Waals surface area contributed by atoms with E-state index < -0.39 is 34.4 Å². The standard InChI is InChI=1S/C15H18N2O7/c1-8-9(15(19)20)4-5-16(8)14(18)10-6-12(23-2)13(24-3)7-11(10)17(21)22/h6-9H,4-5H2,1-3H3,(H,19,20). The number of amides is 1. The van der Waals surface area contributed by atoms with E-state index in [0.717, 1.165) is 6.07 Å². The molecule has 1 amide bonds. The lowest BCUT2D eigenvalue weighted by Gasteiger charge is -2.23. The van der Waals surface area contributed by atoms with Crippen molar-refractivity contribution in [3.05, 3.63) is 27.8 Å². The van der Waals surface area contributed by atoms with Crippen LogP contribution >= 0.6 is 0 Å². The molecular weight excluding hydrogens is 320 g/mol. The maximum Gasteiger partial charge on any atom is 0.308 e. The molecule has 0 spiro atoms. The van der Waals surface area contributed by atoms with Gasteiger partial charge in [-0.25, -0.2) is 0 Å². The fraction of sp³-hybridized carbons (Fsp3) is 0.467. The number of methoxy groups -OCH3 is 2. The molecule has 24 heavy (non-hydrogen) atoms. The average molecular weight is 338 g/mol. The van der Waals surface area contributed by atoms with E-state index in [4.69, 9.17) is 14.6 Å². The summed E-state index contributed by atoms with van der Waals surface area (Å²) < 4.78 is 10.1. The molecule has 1 N–H and O–H groups in total. The summed E-state index contributed by atoms with van der Waals surface area (Å²) in [6.07, 6.45) is 0.309. The fourth-order valence-electron chi connectivity index (χ4n) is 2.90. The number of hydrogen-bond acceptors (Lipinski definition) is 6. The molecule has 2 rings (SSSR count). The van der Waals surface area contributed by atoms with Gasteiger partial charge >= 0.3 is 5.97 Å². The number of carboxylic acids is 1. The number of rotatable bonds is 5. The van der Waals surface area contributed by atoms with Crippen LogP contribution in [0.15, 0.2) is 12.1 Å². The molecule has 1 heterocycles. The van der Waals surface area contributed by atoms with Crippen molar-refractivity contribution in [1.82, 2.24) is 4.90 Å². The van der Waals surface area contributed by atoms with Crippen LogP contribution in [0.25, 0.3) is 0 Å². The Kier molecular flexibility index (Phi) is 4.91. The van der Waals surface area contributed by atoms with Crippen molar-refractivity contribution in [1.29, 1.82) is 0 Å². The normalized spacial score (nSPS) is 19.9. The van der Waals surface area contributed by atoms with E-state index in [1.54, 1.807) is 6.92 Å². The highest BCUT2D eigenvalue weighted by molar-refractivity contribution is 5.99. The van der Waals surface area contributed by atoms with E-state index in [9.17, 15) is 19.7 Å². The first-order valence-electron chi connectivity index (χ1n) is 7.26. The summed E-state index contributed by atoms with van der Waals surface area (Å²) >= 11 is 0. The third kappa shape index (κ3) is 2.97. The van der Waals surface area contributed by atoms with Crippen molar-refractivity contribution in [2.75, 3.05) is 20.8 Å². The van der Waals surface area contributed by atoms with E-state index in [0.29, 0.717) is 6.42 Å². The van der Waals surface area contributed by atoms with Crippen molar-refractivity contribution < 1.29 is 29.1 Å². The zero-order chi connectivity index (χ0) is 18.0. The van der Waals surface area contributed by atoms with Crippen LogP contribution in [0, 0.1) is 16.0 Å². The van der Waals surface area contributed by atoms with Crippen LogP contribution < -0.4 is 9.47 Å². The molecule has 0 aliphatic carbocycles. The van der Waals surface area contributed by atoms with Crippen molar-refractivity contribution in [2.24, 2.45) is 5.92 Å². The third-order valence-corrected chi connectivity index (χ3v) is 4.26. The maximum absolute atomic E-state index is 12.8. The van der Waals surface area contributed by atoms with Gasteiger partial charge in [-0.15, -0.1) is 0 Å². The first-order chi connectivity index (χ1) is 11.3. The van der Waals surface area contributed by atoms with Gasteiger partial charge in [-0.1, -0.05) is 0 Å². The lowest BCUT2D eigenvalue weighted by molar-refractivity contribution is -0.385. The lowest BCUT2D eigenvalue weighted by Crippen LogP contribution is -2.37. The Balaban J connectivity index is 2.45. The molecule has 0 saturated carbocycles. The number of likely N-dealkylation sites (tertiary alicyclic amines) is 1. The van der Waals surface area contributed by atoms with E-state index in [1.807, 2.05) is 0 Å². The molecule has 2 atom stereocenters. The molecule has 1 fully saturated rings. The highest BCUT2D eigenvalue weighted by Crippen LogP contribution is 2.36. The number of carboxylic acid groups (broad SMARTS) is 1. The smallest absolute Gasteiger partial charge is 0.308 e. The Bertz CT molecular complexity index is 689. The van der Waals surface area contributed by atoms with Crippen molar-refractivity contribution in [3.8, 4) is 11.5 Å². The number of nitro benzene ring substituents is 1. The number of carbonyl (C=O) groups excluding carboxylic acids is 1. The van der Waals surface area contributed by atoms with E-state index in [1.165, 1.54) is 25.2 Å². The molecule has 9 nitrogen and oxygen atoms in total. The number of nitrogens with zero attached hydrogens (tertiary/aromatic N) is 2. The number of nitro groups is 1. The molecule has 1 aliphatic heterocycles. The number of aliphatic carboxylic acids is 1. The molecule has 1 aromatic carbocycles. The Hall–Kier alpha value is -2.84. The number of ether oxygens (including phenoxy) is 2. The molecule has 9 heteroatoms. The van der Waals surface area contributed by atoms with Gasteiger partial charge in [-0.2, -0.15) is 0 Å². The van der Waals surface area contributed by atoms with Crippen LogP contribution in [0.4, 0.5) is 5.69 Å². The summed E-state index contributed by atoms with van der Waals surface area (Å²) in [5.74, 6) is -1.95. The van der Waals surface area contributed by atoms with Crippen molar-refractivity contribution in [2.45, 2.75) is 19.4 Å². The quantitative estimate of drug-likeness (QED) is 0.639. The first-order valence-corrected chi connectivity index (χ1v) is 7.26. The Morgan fingerprint density at radius 3 is 2.33 bits per heavy atom. The second kappa shape index (κ2) is 6.73. The monoisotopic (exact) mass is 338 g/mol. The molecule has 0 aromatic heterocycles. The minimum Gasteiger partial charge on any atom is -0.493 e. The van der Waals surface area contributed by atoms with Crippen LogP contribution in [0.1, 0.15) is 23.7 Å². The largest absolute Gasteiger partial charge is 0.493 e. The molecular formula is C15H18N2O7. The van der Waals surface area contributed by atoms with E-state index >= 15 is 0 Å². The topological polar surface area (TPSA) is 119 Å². The van der Waals surface area contributed by atoms with Gasteiger partial charge in [0.15, 0.2) is 11.5 Å². The summed E-state index contributed by atoms with van der Waals surface area (Å²) in [7, 11) is 2.69. The van der Waals surface area contributed by atoms with Crippen LogP contribution in [-0.4, -0.2) is 53.6 Å². The van der Waals surface area contributed by atoms with Crippen LogP contribution in [0.2, 0.25) is 0 Å². The van der Waals surface area contributed by atoms with Gasteiger partial charge in [-0.05, 0) is 13.3 Å². The minimum atomic E-state index is -0.986. The number of carbonyl (C=O) groups is 2. The molecule has 1 aliphatic rings. The Morgan fingerprint density at radius 2 is 1.88 bits per heavy atom. The van der Waals surface area contributed by atoms with Gasteiger partial charge in [0.25, 0.3) is 11.6 Å². The maximum atomic E-state index is 12.8. The minimum absolute atomic E-state index is 0.138. The average Bonchev–Trinajstić information content (AvgIpc) is 2.94. The van der Waals surface area contributed by atoms with Crippen molar-refractivity contribution in [3.63, 3.8) is 0 Å². The highest BCUT2D eigenvalue weighted by atomic mass is 16.6. The number of hydrogen-bond donors (Lipinski definition) is 1. The molecule has 0 bridgehead atoms. The number of benzene rings is 1. The second-order valence-corrected chi connectivity index (χ2v) is 5.45. The van der Waals surface area contributed by atoms with Crippen LogP contribution in [0.5, 0.6) is 11.5 Å². The van der Waals surface area contributed by atoms with E-state index in [2.05, 4.69) is 0 Å². The zero-order valence-corrected chi connectivity index (χ0v) is 13.5. The Labute approximate surface area is 137 Å². The summed E-state index contributed by atoms with van der Waals surface area (Å²) in [5, 5.41) is 20.5. The summed E-state index contributed by atoms with van der Waals surface area (Å²) in [6.45, 7) is 1.85. The molecule has 130 valence electrons. The molecule has 2 unspecified atom stereocenters. The van der Waals surface area contributed by atoms with Gasteiger partial charge in [0.1, 0.15) is 5.56 Å². The van der Waals surface area contributed by atoms with E-state index in [-0.39, 0.29) is 23.6 Å². The Morgan fingerprint density at radius 1 is 1.29 bits per heavy atom. The molecule has 0 radical (unpaired) electrons. The van der Waals surface area contributed by atoms with Gasteiger partial charge in [0, 0.05) is 18.7 Å². The van der Waals surface area contributed by atoms with Gasteiger partial charge < -0.3 is 19.5 Å². The first kappa shape index (κ1) is 17.5. The second-order valence-electron chi connectivity index (χ2n) is 5.45. The van der Waals surface area contributed by atoms with Crippen LogP contribution in [0.3, 0.4) is 0 Å². The highest BCUT2D eigenvalue weighted by Gasteiger charge is 2.40. The molecule has 1 saturated heterocycles. The predicted molar refractivity (Wildman–Crippen MR) is 82.4 cm³/mol. The van der Waals surface area contributed by atoms with Gasteiger partial charge in [0.2, 0.25) is 0 Å². The third-order valence-electron chi connectivity index (χ3n) is 4.26. The molecule has 1 aromatic rings. The van der Waals surface area contributed by atoms with Crippen LogP contribution in [-0.2, 0) is 4.79 Å². The lowest BCUT2D eigenvalue weighted by atomic mass is 10.0. The summed E-state index contributed by atoms with van der Waals surface area (Å²) in [5.41, 5.74) is -0.570.